The highest BCUT2D eigenvalue weighted by molar-refractivity contribution is 6.23. The van der Waals surface area contributed by atoms with E-state index >= 15 is 0 Å². The largest absolute Gasteiger partial charge is 0.430 e. The molecule has 2 rings (SSSR count). The van der Waals surface area contributed by atoms with Gasteiger partial charge < -0.3 is 9.47 Å². The van der Waals surface area contributed by atoms with E-state index in [4.69, 9.17) is 9.47 Å². The van der Waals surface area contributed by atoms with Crippen LogP contribution in [-0.2, 0) is 31.9 Å². The Morgan fingerprint density at radius 1 is 1.10 bits per heavy atom. The first-order valence-electron chi connectivity index (χ1n) is 10.7. The minimum atomic E-state index is -0.630. The molecule has 0 amide bonds. The Balaban J connectivity index is 2.64. The predicted octanol–water partition coefficient (Wildman–Crippen LogP) is 5.44. The summed E-state index contributed by atoms with van der Waals surface area (Å²) >= 11 is 0. The lowest BCUT2D eigenvalue weighted by molar-refractivity contribution is -0.148. The van der Waals surface area contributed by atoms with Gasteiger partial charge in [-0.05, 0) is 69.6 Å². The van der Waals surface area contributed by atoms with Crippen molar-refractivity contribution >= 4 is 17.3 Å². The van der Waals surface area contributed by atoms with Crippen molar-refractivity contribution in [2.24, 2.45) is 11.3 Å². The van der Waals surface area contributed by atoms with E-state index in [2.05, 4.69) is 32.9 Å². The number of aryl methyl sites for hydroxylation is 3. The first-order valence-corrected chi connectivity index (χ1v) is 10.7. The van der Waals surface area contributed by atoms with Gasteiger partial charge in [-0.1, -0.05) is 31.5 Å². The molecular weight excluding hydrogens is 364 g/mol. The van der Waals surface area contributed by atoms with E-state index in [0.29, 0.717) is 30.8 Å². The van der Waals surface area contributed by atoms with Gasteiger partial charge in [-0.3, -0.25) is 9.59 Å². The summed E-state index contributed by atoms with van der Waals surface area (Å²) in [4.78, 5) is 26.0. The van der Waals surface area contributed by atoms with Gasteiger partial charge in [-0.15, -0.1) is 0 Å². The van der Waals surface area contributed by atoms with E-state index in [-0.39, 0.29) is 17.7 Å². The molecule has 4 nitrogen and oxygen atoms in total. The molecular formula is C25H36O4. The minimum absolute atomic E-state index is 0.0716. The zero-order chi connectivity index (χ0) is 21.8. The van der Waals surface area contributed by atoms with Crippen molar-refractivity contribution in [2.45, 2.75) is 73.6 Å². The van der Waals surface area contributed by atoms with Crippen LogP contribution in [0.3, 0.4) is 0 Å². The molecule has 1 aliphatic rings. The highest BCUT2D eigenvalue weighted by atomic mass is 16.5. The summed E-state index contributed by atoms with van der Waals surface area (Å²) in [6, 6.07) is 4.30. The number of hydrogen-bond acceptors (Lipinski definition) is 4. The zero-order valence-electron chi connectivity index (χ0n) is 19.1. The summed E-state index contributed by atoms with van der Waals surface area (Å²) in [6.45, 7) is 12.4. The van der Waals surface area contributed by atoms with Crippen LogP contribution in [-0.4, -0.2) is 25.5 Å². The Hall–Kier alpha value is -1.94. The maximum Gasteiger partial charge on any atom is 0.316 e. The van der Waals surface area contributed by atoms with E-state index in [1.54, 1.807) is 7.11 Å². The maximum absolute atomic E-state index is 13.3. The van der Waals surface area contributed by atoms with Gasteiger partial charge in [0, 0.05) is 26.6 Å². The lowest BCUT2D eigenvalue weighted by atomic mass is 9.79. The second-order valence-corrected chi connectivity index (χ2v) is 9.08. The average Bonchev–Trinajstić information content (AvgIpc) is 2.65. The van der Waals surface area contributed by atoms with E-state index in [9.17, 15) is 9.59 Å². The van der Waals surface area contributed by atoms with E-state index in [1.807, 2.05) is 20.8 Å². The number of ketones is 1. The molecule has 0 bridgehead atoms. The van der Waals surface area contributed by atoms with Crippen LogP contribution < -0.4 is 0 Å². The van der Waals surface area contributed by atoms with Crippen molar-refractivity contribution in [3.8, 4) is 0 Å². The third-order valence-corrected chi connectivity index (χ3v) is 5.52. The average molecular weight is 401 g/mol. The molecule has 0 aromatic heterocycles. The number of hydrogen-bond donors (Lipinski definition) is 0. The Kier molecular flexibility index (Phi) is 7.81. The van der Waals surface area contributed by atoms with Crippen molar-refractivity contribution in [2.75, 3.05) is 13.7 Å². The fraction of sp³-hybridized carbons (Fsp3) is 0.600. The Labute approximate surface area is 175 Å². The highest BCUT2D eigenvalue weighted by Crippen LogP contribution is 2.39. The SMILES string of the molecule is CCc1cc(C)cc(CC)c1C1=C(OC(=O)C(C)(C)C)CC(CCOC)CC1=O. The van der Waals surface area contributed by atoms with Crippen LogP contribution in [0.5, 0.6) is 0 Å². The molecule has 1 aliphatic carbocycles. The summed E-state index contributed by atoms with van der Waals surface area (Å²) in [7, 11) is 1.67. The Bertz CT molecular complexity index is 771. The number of rotatable bonds is 7. The van der Waals surface area contributed by atoms with E-state index < -0.39 is 5.41 Å². The van der Waals surface area contributed by atoms with Crippen LogP contribution in [0.1, 0.15) is 76.1 Å². The molecule has 29 heavy (non-hydrogen) atoms. The van der Waals surface area contributed by atoms with Crippen LogP contribution in [0.4, 0.5) is 0 Å². The first-order chi connectivity index (χ1) is 13.6. The van der Waals surface area contributed by atoms with Gasteiger partial charge >= 0.3 is 5.97 Å². The summed E-state index contributed by atoms with van der Waals surface area (Å²) in [5.41, 5.74) is 4.44. The predicted molar refractivity (Wildman–Crippen MR) is 117 cm³/mol. The number of methoxy groups -OCH3 is 1. The van der Waals surface area contributed by atoms with Crippen molar-refractivity contribution in [1.82, 2.24) is 0 Å². The zero-order valence-corrected chi connectivity index (χ0v) is 19.1. The molecule has 1 aromatic rings. The van der Waals surface area contributed by atoms with Gasteiger partial charge in [0.2, 0.25) is 0 Å². The van der Waals surface area contributed by atoms with E-state index in [1.165, 1.54) is 5.56 Å². The van der Waals surface area contributed by atoms with Gasteiger partial charge in [0.05, 0.1) is 11.0 Å². The molecule has 0 saturated carbocycles. The second-order valence-electron chi connectivity index (χ2n) is 9.08. The third kappa shape index (κ3) is 5.57. The van der Waals surface area contributed by atoms with Crippen molar-refractivity contribution < 1.29 is 19.1 Å². The van der Waals surface area contributed by atoms with Crippen molar-refractivity contribution in [3.63, 3.8) is 0 Å². The lowest BCUT2D eigenvalue weighted by Gasteiger charge is -2.29. The van der Waals surface area contributed by atoms with Crippen LogP contribution in [0.25, 0.3) is 5.57 Å². The monoisotopic (exact) mass is 400 g/mol. The Morgan fingerprint density at radius 2 is 1.69 bits per heavy atom. The fourth-order valence-electron chi connectivity index (χ4n) is 3.90. The molecule has 0 saturated heterocycles. The molecule has 1 atom stereocenters. The van der Waals surface area contributed by atoms with Gasteiger partial charge in [-0.25, -0.2) is 0 Å². The molecule has 0 fully saturated rings. The number of benzene rings is 1. The van der Waals surface area contributed by atoms with Crippen LogP contribution in [0.15, 0.2) is 17.9 Å². The Morgan fingerprint density at radius 3 is 2.17 bits per heavy atom. The molecule has 0 N–H and O–H groups in total. The normalized spacial score (nSPS) is 17.6. The minimum Gasteiger partial charge on any atom is -0.430 e. The number of allylic oxidation sites excluding steroid dienone is 2. The van der Waals surface area contributed by atoms with Gasteiger partial charge in [0.15, 0.2) is 5.78 Å². The molecule has 4 heteroatoms. The second kappa shape index (κ2) is 9.71. The maximum atomic E-state index is 13.3. The molecule has 0 aliphatic heterocycles. The standard InChI is InChI=1S/C25H36O4/c1-8-18-12-16(3)13-19(9-2)22(18)23-20(26)14-17(10-11-28-7)15-21(23)29-24(27)25(4,5)6/h12-13,17H,8-11,14-15H2,1-7H3. The third-order valence-electron chi connectivity index (χ3n) is 5.52. The molecule has 0 heterocycles. The quantitative estimate of drug-likeness (QED) is 0.572. The lowest BCUT2D eigenvalue weighted by Crippen LogP contribution is -2.28. The summed E-state index contributed by atoms with van der Waals surface area (Å²) < 4.78 is 11.1. The van der Waals surface area contributed by atoms with Crippen LogP contribution >= 0.6 is 0 Å². The van der Waals surface area contributed by atoms with Crippen LogP contribution in [0.2, 0.25) is 0 Å². The molecule has 1 unspecified atom stereocenters. The first kappa shape index (κ1) is 23.3. The summed E-state index contributed by atoms with van der Waals surface area (Å²) in [5, 5.41) is 0. The number of Topliss-reactive ketones (excluding diaryl/α,β-unsaturated/α-hetero) is 1. The smallest absolute Gasteiger partial charge is 0.316 e. The summed E-state index contributed by atoms with van der Waals surface area (Å²) in [5.74, 6) is 0.445. The topological polar surface area (TPSA) is 52.6 Å². The molecule has 1 aromatic carbocycles. The van der Waals surface area contributed by atoms with Gasteiger partial charge in [0.25, 0.3) is 0 Å². The molecule has 0 radical (unpaired) electrons. The van der Waals surface area contributed by atoms with Gasteiger partial charge in [-0.2, -0.15) is 0 Å². The van der Waals surface area contributed by atoms with Gasteiger partial charge in [0.1, 0.15) is 5.76 Å². The fourth-order valence-corrected chi connectivity index (χ4v) is 3.90. The number of esters is 1. The van der Waals surface area contributed by atoms with Crippen LogP contribution in [0, 0.1) is 18.3 Å². The number of carbonyl (C=O) groups is 2. The number of ether oxygens (including phenoxy) is 2. The van der Waals surface area contributed by atoms with E-state index in [0.717, 1.165) is 36.0 Å². The molecule has 160 valence electrons. The van der Waals surface area contributed by atoms with Crippen molar-refractivity contribution in [1.29, 1.82) is 0 Å². The van der Waals surface area contributed by atoms with Crippen molar-refractivity contribution in [3.05, 3.63) is 40.1 Å². The summed E-state index contributed by atoms with van der Waals surface area (Å²) in [6.07, 6.45) is 3.49. The highest BCUT2D eigenvalue weighted by Gasteiger charge is 2.34. The number of carbonyl (C=O) groups excluding carboxylic acids is 2. The molecule has 0 spiro atoms.